The van der Waals surface area contributed by atoms with E-state index in [1.54, 1.807) is 13.8 Å². The second kappa shape index (κ2) is 7.28. The number of carbonyl (C=O) groups excluding carboxylic acids is 1. The maximum Gasteiger partial charge on any atom is 0.328 e. The number of carboxylic acid groups (broad SMARTS) is 1. The first-order valence-corrected chi connectivity index (χ1v) is 6.08. The van der Waals surface area contributed by atoms with Crippen molar-refractivity contribution in [3.63, 3.8) is 0 Å². The molecule has 0 fully saturated rings. The van der Waals surface area contributed by atoms with Gasteiger partial charge in [-0.25, -0.2) is 9.18 Å². The first-order chi connectivity index (χ1) is 9.42. The van der Waals surface area contributed by atoms with Crippen LogP contribution in [0.2, 0.25) is 0 Å². The highest BCUT2D eigenvalue weighted by Crippen LogP contribution is 2.19. The van der Waals surface area contributed by atoms with Gasteiger partial charge in [0.1, 0.15) is 11.6 Å². The summed E-state index contributed by atoms with van der Waals surface area (Å²) in [5, 5.41) is 11.1. The third kappa shape index (κ3) is 5.09. The highest BCUT2D eigenvalue weighted by Gasteiger charge is 2.14. The average Bonchev–Trinajstić information content (AvgIpc) is 2.36. The molecule has 1 atom stereocenters. The van der Waals surface area contributed by atoms with Crippen LogP contribution in [0.5, 0.6) is 5.75 Å². The Morgan fingerprint density at radius 2 is 2.15 bits per heavy atom. The minimum atomic E-state index is -1.13. The number of aliphatic carboxylic acids is 1. The van der Waals surface area contributed by atoms with Gasteiger partial charge in [-0.2, -0.15) is 0 Å². The molecule has 2 N–H and O–H groups in total. The molecular formula is C14H16FNO4. The molecule has 0 aliphatic carbocycles. The molecule has 0 aromatic heterocycles. The molecule has 1 rings (SSSR count). The summed E-state index contributed by atoms with van der Waals surface area (Å²) in [7, 11) is 0. The number of benzene rings is 1. The van der Waals surface area contributed by atoms with Crippen molar-refractivity contribution >= 4 is 18.0 Å². The Hall–Kier alpha value is -2.37. The van der Waals surface area contributed by atoms with Crippen molar-refractivity contribution in [3.8, 4) is 5.75 Å². The molecule has 6 heteroatoms. The molecule has 5 nitrogen and oxygen atoms in total. The molecule has 1 unspecified atom stereocenters. The second-order valence-electron chi connectivity index (χ2n) is 4.05. The highest BCUT2D eigenvalue weighted by molar-refractivity contribution is 5.85. The smallest absolute Gasteiger partial charge is 0.328 e. The zero-order chi connectivity index (χ0) is 15.1. The lowest BCUT2D eigenvalue weighted by Gasteiger charge is -2.14. The molecule has 0 aliphatic rings. The van der Waals surface area contributed by atoms with Crippen LogP contribution in [-0.2, 0) is 9.59 Å². The minimum absolute atomic E-state index is 0.161. The number of likely N-dealkylation sites (N-methyl/N-ethyl adjacent to an activating group) is 1. The summed E-state index contributed by atoms with van der Waals surface area (Å²) in [4.78, 5) is 21.9. The van der Waals surface area contributed by atoms with Gasteiger partial charge in [0.15, 0.2) is 6.10 Å². The number of carboxylic acids is 1. The third-order valence-electron chi connectivity index (χ3n) is 2.35. The van der Waals surface area contributed by atoms with Crippen LogP contribution in [0, 0.1) is 5.82 Å². The van der Waals surface area contributed by atoms with E-state index >= 15 is 0 Å². The molecule has 1 aromatic rings. The van der Waals surface area contributed by atoms with Crippen LogP contribution in [0.4, 0.5) is 4.39 Å². The van der Waals surface area contributed by atoms with Gasteiger partial charge < -0.3 is 15.2 Å². The van der Waals surface area contributed by atoms with Crippen LogP contribution in [0.25, 0.3) is 6.08 Å². The van der Waals surface area contributed by atoms with Gasteiger partial charge >= 0.3 is 5.97 Å². The zero-order valence-electron chi connectivity index (χ0n) is 11.2. The van der Waals surface area contributed by atoms with Crippen molar-refractivity contribution in [2.75, 3.05) is 6.54 Å². The van der Waals surface area contributed by atoms with Gasteiger partial charge in [0.2, 0.25) is 0 Å². The van der Waals surface area contributed by atoms with Crippen molar-refractivity contribution in [2.45, 2.75) is 20.0 Å². The molecule has 0 heterocycles. The van der Waals surface area contributed by atoms with Crippen molar-refractivity contribution in [3.05, 3.63) is 35.7 Å². The lowest BCUT2D eigenvalue weighted by atomic mass is 10.2. The van der Waals surface area contributed by atoms with Crippen molar-refractivity contribution in [1.82, 2.24) is 5.32 Å². The van der Waals surface area contributed by atoms with Gasteiger partial charge in [-0.1, -0.05) is 0 Å². The Morgan fingerprint density at radius 1 is 1.45 bits per heavy atom. The largest absolute Gasteiger partial charge is 0.481 e. The SMILES string of the molecule is CCNC(=O)C(C)Oc1cc(F)cc(/C=C/C(=O)O)c1. The molecule has 0 saturated carbocycles. The number of halogens is 1. The van der Waals surface area contributed by atoms with E-state index in [0.29, 0.717) is 12.1 Å². The maximum absolute atomic E-state index is 13.4. The fourth-order valence-electron chi connectivity index (χ4n) is 1.49. The Bertz CT molecular complexity index is 528. The van der Waals surface area contributed by atoms with E-state index in [1.165, 1.54) is 18.2 Å². The number of hydrogen-bond acceptors (Lipinski definition) is 3. The molecule has 0 bridgehead atoms. The fourth-order valence-corrected chi connectivity index (χ4v) is 1.49. The van der Waals surface area contributed by atoms with E-state index < -0.39 is 17.9 Å². The van der Waals surface area contributed by atoms with Crippen molar-refractivity contribution in [2.24, 2.45) is 0 Å². The lowest BCUT2D eigenvalue weighted by molar-refractivity contribution is -0.131. The molecule has 0 aliphatic heterocycles. The Kier molecular flexibility index (Phi) is 5.71. The highest BCUT2D eigenvalue weighted by atomic mass is 19.1. The number of nitrogens with one attached hydrogen (secondary N) is 1. The first-order valence-electron chi connectivity index (χ1n) is 6.08. The standard InChI is InChI=1S/C14H16FNO4/c1-3-16-14(19)9(2)20-12-7-10(4-5-13(17)18)6-11(15)8-12/h4-9H,3H2,1-2H3,(H,16,19)(H,17,18)/b5-4+. The quantitative estimate of drug-likeness (QED) is 0.780. The summed E-state index contributed by atoms with van der Waals surface area (Å²) in [6, 6.07) is 3.76. The topological polar surface area (TPSA) is 75.6 Å². The van der Waals surface area contributed by atoms with E-state index in [1.807, 2.05) is 0 Å². The van der Waals surface area contributed by atoms with Crippen LogP contribution in [-0.4, -0.2) is 29.6 Å². The number of amides is 1. The van der Waals surface area contributed by atoms with Gasteiger partial charge in [-0.3, -0.25) is 4.79 Å². The van der Waals surface area contributed by atoms with Crippen LogP contribution >= 0.6 is 0 Å². The second-order valence-corrected chi connectivity index (χ2v) is 4.05. The minimum Gasteiger partial charge on any atom is -0.481 e. The summed E-state index contributed by atoms with van der Waals surface area (Å²) >= 11 is 0. The number of ether oxygens (including phenoxy) is 1. The number of hydrogen-bond donors (Lipinski definition) is 2. The lowest BCUT2D eigenvalue weighted by Crippen LogP contribution is -2.36. The van der Waals surface area contributed by atoms with Gasteiger partial charge in [-0.15, -0.1) is 0 Å². The fraction of sp³-hybridized carbons (Fsp3) is 0.286. The Morgan fingerprint density at radius 3 is 2.75 bits per heavy atom. The Balaban J connectivity index is 2.85. The van der Waals surface area contributed by atoms with E-state index in [2.05, 4.69) is 5.32 Å². The van der Waals surface area contributed by atoms with Gasteiger partial charge in [0.05, 0.1) is 0 Å². The van der Waals surface area contributed by atoms with E-state index in [0.717, 1.165) is 12.1 Å². The predicted octanol–water partition coefficient (Wildman–Crippen LogP) is 1.83. The molecule has 1 aromatic carbocycles. The molecule has 0 spiro atoms. The van der Waals surface area contributed by atoms with Crippen molar-refractivity contribution in [1.29, 1.82) is 0 Å². The van der Waals surface area contributed by atoms with E-state index in [-0.39, 0.29) is 11.7 Å². The van der Waals surface area contributed by atoms with Crippen LogP contribution in [0.15, 0.2) is 24.3 Å². The predicted molar refractivity (Wildman–Crippen MR) is 71.8 cm³/mol. The zero-order valence-corrected chi connectivity index (χ0v) is 11.2. The summed E-state index contributed by atoms with van der Waals surface area (Å²) < 4.78 is 18.7. The van der Waals surface area contributed by atoms with Crippen LogP contribution < -0.4 is 10.1 Å². The van der Waals surface area contributed by atoms with Crippen LogP contribution in [0.1, 0.15) is 19.4 Å². The molecule has 108 valence electrons. The molecule has 0 radical (unpaired) electrons. The molecule has 0 saturated heterocycles. The summed E-state index contributed by atoms with van der Waals surface area (Å²) in [5.41, 5.74) is 0.338. The molecule has 20 heavy (non-hydrogen) atoms. The van der Waals surface area contributed by atoms with Gasteiger partial charge in [-0.05, 0) is 37.6 Å². The van der Waals surface area contributed by atoms with E-state index in [4.69, 9.17) is 9.84 Å². The van der Waals surface area contributed by atoms with Gasteiger partial charge in [0.25, 0.3) is 5.91 Å². The molecule has 1 amide bonds. The van der Waals surface area contributed by atoms with Crippen molar-refractivity contribution < 1.29 is 23.8 Å². The normalized spacial score (nSPS) is 12.2. The number of rotatable bonds is 6. The third-order valence-corrected chi connectivity index (χ3v) is 2.35. The Labute approximate surface area is 116 Å². The monoisotopic (exact) mass is 281 g/mol. The molecular weight excluding hydrogens is 265 g/mol. The van der Waals surface area contributed by atoms with Gasteiger partial charge in [0, 0.05) is 18.7 Å². The maximum atomic E-state index is 13.4. The summed E-state index contributed by atoms with van der Waals surface area (Å²) in [6.45, 7) is 3.80. The first kappa shape index (κ1) is 15.7. The number of carbonyl (C=O) groups is 2. The summed E-state index contributed by atoms with van der Waals surface area (Å²) in [5.74, 6) is -1.85. The van der Waals surface area contributed by atoms with Crippen LogP contribution in [0.3, 0.4) is 0 Å². The summed E-state index contributed by atoms with van der Waals surface area (Å²) in [6.07, 6.45) is 1.37. The van der Waals surface area contributed by atoms with E-state index in [9.17, 15) is 14.0 Å². The average molecular weight is 281 g/mol.